The Bertz CT molecular complexity index is 396. The molecule has 0 radical (unpaired) electrons. The van der Waals surface area contributed by atoms with Crippen LogP contribution in [0.4, 0.5) is 4.39 Å². The quantitative estimate of drug-likeness (QED) is 0.917. The van der Waals surface area contributed by atoms with Crippen molar-refractivity contribution in [1.82, 2.24) is 4.90 Å². The molecule has 2 atom stereocenters. The normalized spacial score (nSPS) is 23.0. The molecule has 18 heavy (non-hydrogen) atoms. The number of nitrogens with two attached hydrogens (primary N) is 1. The second-order valence-electron chi connectivity index (χ2n) is 4.56. The lowest BCUT2D eigenvalue weighted by atomic mass is 10.0. The fraction of sp³-hybridized carbons (Fsp3) is 0.538. The Morgan fingerprint density at radius 3 is 3.00 bits per heavy atom. The molecular formula is C13H18ClFN2O. The van der Waals surface area contributed by atoms with E-state index in [0.717, 1.165) is 13.1 Å². The minimum Gasteiger partial charge on any atom is -0.376 e. The summed E-state index contributed by atoms with van der Waals surface area (Å²) in [6.07, 6.45) is 0.137. The number of halogens is 2. The first-order valence-electron chi connectivity index (χ1n) is 6.13. The Hall–Kier alpha value is -0.680. The van der Waals surface area contributed by atoms with Gasteiger partial charge in [-0.25, -0.2) is 4.39 Å². The fourth-order valence-corrected chi connectivity index (χ4v) is 2.70. The highest BCUT2D eigenvalue weighted by Crippen LogP contribution is 2.30. The lowest BCUT2D eigenvalue weighted by Gasteiger charge is -2.37. The maximum Gasteiger partial charge on any atom is 0.129 e. The van der Waals surface area contributed by atoms with Gasteiger partial charge in [-0.3, -0.25) is 4.90 Å². The van der Waals surface area contributed by atoms with E-state index in [4.69, 9.17) is 22.1 Å². The van der Waals surface area contributed by atoms with Crippen molar-refractivity contribution in [3.8, 4) is 0 Å². The molecule has 1 aromatic rings. The van der Waals surface area contributed by atoms with Crippen LogP contribution in [0.15, 0.2) is 18.2 Å². The molecule has 0 bridgehead atoms. The van der Waals surface area contributed by atoms with Crippen LogP contribution in [0.5, 0.6) is 0 Å². The lowest BCUT2D eigenvalue weighted by molar-refractivity contribution is -0.0337. The molecule has 2 N–H and O–H groups in total. The highest BCUT2D eigenvalue weighted by molar-refractivity contribution is 6.31. The highest BCUT2D eigenvalue weighted by Gasteiger charge is 2.27. The first kappa shape index (κ1) is 13.7. The van der Waals surface area contributed by atoms with Crippen molar-refractivity contribution in [2.24, 2.45) is 5.73 Å². The van der Waals surface area contributed by atoms with Crippen molar-refractivity contribution in [3.05, 3.63) is 34.6 Å². The Balaban J connectivity index is 2.27. The third kappa shape index (κ3) is 2.83. The van der Waals surface area contributed by atoms with Crippen molar-refractivity contribution in [3.63, 3.8) is 0 Å². The molecule has 1 heterocycles. The summed E-state index contributed by atoms with van der Waals surface area (Å²) >= 11 is 6.11. The van der Waals surface area contributed by atoms with Crippen LogP contribution in [0.25, 0.3) is 0 Å². The zero-order valence-corrected chi connectivity index (χ0v) is 11.2. The fourth-order valence-electron chi connectivity index (χ4n) is 2.41. The molecule has 0 spiro atoms. The summed E-state index contributed by atoms with van der Waals surface area (Å²) in [5.74, 6) is -0.294. The summed E-state index contributed by atoms with van der Waals surface area (Å²) < 4.78 is 19.4. The average Bonchev–Trinajstić information content (AvgIpc) is 2.34. The molecular weight excluding hydrogens is 255 g/mol. The van der Waals surface area contributed by atoms with Crippen LogP contribution >= 0.6 is 11.6 Å². The summed E-state index contributed by atoms with van der Waals surface area (Å²) in [6, 6.07) is 4.54. The molecule has 2 rings (SSSR count). The van der Waals surface area contributed by atoms with Crippen LogP contribution in [0.3, 0.4) is 0 Å². The van der Waals surface area contributed by atoms with Gasteiger partial charge in [0.1, 0.15) is 5.82 Å². The van der Waals surface area contributed by atoms with Gasteiger partial charge in [-0.15, -0.1) is 0 Å². The SMILES string of the molecule is C[C@@H]1CN([C@H](CN)c2c(F)cccc2Cl)CCO1. The molecule has 0 amide bonds. The average molecular weight is 273 g/mol. The van der Waals surface area contributed by atoms with Crippen molar-refractivity contribution in [2.75, 3.05) is 26.2 Å². The van der Waals surface area contributed by atoms with Crippen LogP contribution in [0.1, 0.15) is 18.5 Å². The molecule has 1 saturated heterocycles. The maximum absolute atomic E-state index is 13.9. The van der Waals surface area contributed by atoms with Gasteiger partial charge in [0, 0.05) is 30.2 Å². The van der Waals surface area contributed by atoms with Gasteiger partial charge >= 0.3 is 0 Å². The van der Waals surface area contributed by atoms with Gasteiger partial charge in [0.2, 0.25) is 0 Å². The van der Waals surface area contributed by atoms with Crippen LogP contribution in [-0.2, 0) is 4.74 Å². The molecule has 1 aliphatic rings. The lowest BCUT2D eigenvalue weighted by Crippen LogP contribution is -2.45. The number of hydrogen-bond acceptors (Lipinski definition) is 3. The Morgan fingerprint density at radius 2 is 2.39 bits per heavy atom. The zero-order valence-electron chi connectivity index (χ0n) is 10.4. The molecule has 1 fully saturated rings. The van der Waals surface area contributed by atoms with Gasteiger partial charge in [-0.2, -0.15) is 0 Å². The van der Waals surface area contributed by atoms with E-state index in [1.54, 1.807) is 12.1 Å². The van der Waals surface area contributed by atoms with E-state index in [1.807, 2.05) is 6.92 Å². The van der Waals surface area contributed by atoms with E-state index in [1.165, 1.54) is 6.07 Å². The summed E-state index contributed by atoms with van der Waals surface area (Å²) in [6.45, 7) is 4.48. The third-order valence-electron chi connectivity index (χ3n) is 3.27. The van der Waals surface area contributed by atoms with E-state index in [2.05, 4.69) is 4.90 Å². The number of benzene rings is 1. The predicted octanol–water partition coefficient (Wildman–Crippen LogP) is 2.20. The summed E-state index contributed by atoms with van der Waals surface area (Å²) in [5.41, 5.74) is 6.31. The van der Waals surface area contributed by atoms with Crippen LogP contribution < -0.4 is 5.73 Å². The van der Waals surface area contributed by atoms with Gasteiger partial charge in [0.05, 0.1) is 18.8 Å². The molecule has 5 heteroatoms. The molecule has 0 unspecified atom stereocenters. The first-order chi connectivity index (χ1) is 8.63. The largest absolute Gasteiger partial charge is 0.376 e. The van der Waals surface area contributed by atoms with Crippen LogP contribution in [-0.4, -0.2) is 37.2 Å². The molecule has 1 aromatic carbocycles. The molecule has 0 aliphatic carbocycles. The molecule has 0 aromatic heterocycles. The number of hydrogen-bond donors (Lipinski definition) is 1. The zero-order chi connectivity index (χ0) is 13.1. The van der Waals surface area contributed by atoms with E-state index in [-0.39, 0.29) is 18.0 Å². The third-order valence-corrected chi connectivity index (χ3v) is 3.60. The Kier molecular flexibility index (Phi) is 4.56. The van der Waals surface area contributed by atoms with Gasteiger partial charge in [0.25, 0.3) is 0 Å². The van der Waals surface area contributed by atoms with Gasteiger partial charge in [0.15, 0.2) is 0 Å². The first-order valence-corrected chi connectivity index (χ1v) is 6.51. The minimum atomic E-state index is -0.294. The molecule has 3 nitrogen and oxygen atoms in total. The Labute approximate surface area is 112 Å². The van der Waals surface area contributed by atoms with Crippen LogP contribution in [0.2, 0.25) is 5.02 Å². The van der Waals surface area contributed by atoms with Gasteiger partial charge in [-0.1, -0.05) is 17.7 Å². The number of ether oxygens (including phenoxy) is 1. The van der Waals surface area contributed by atoms with Crippen molar-refractivity contribution in [2.45, 2.75) is 19.1 Å². The smallest absolute Gasteiger partial charge is 0.129 e. The topological polar surface area (TPSA) is 38.5 Å². The molecule has 0 saturated carbocycles. The molecule has 1 aliphatic heterocycles. The minimum absolute atomic E-state index is 0.137. The highest BCUT2D eigenvalue weighted by atomic mass is 35.5. The predicted molar refractivity (Wildman–Crippen MR) is 70.2 cm³/mol. The second-order valence-corrected chi connectivity index (χ2v) is 4.97. The summed E-state index contributed by atoms with van der Waals surface area (Å²) in [4.78, 5) is 2.14. The van der Waals surface area contributed by atoms with Crippen molar-refractivity contribution in [1.29, 1.82) is 0 Å². The van der Waals surface area contributed by atoms with E-state index in [0.29, 0.717) is 23.7 Å². The summed E-state index contributed by atoms with van der Waals surface area (Å²) in [7, 11) is 0. The number of rotatable bonds is 3. The van der Waals surface area contributed by atoms with Crippen molar-refractivity contribution >= 4 is 11.6 Å². The number of nitrogens with zero attached hydrogens (tertiary/aromatic N) is 1. The maximum atomic E-state index is 13.9. The van der Waals surface area contributed by atoms with Crippen LogP contribution in [0, 0.1) is 5.82 Å². The van der Waals surface area contributed by atoms with E-state index < -0.39 is 0 Å². The van der Waals surface area contributed by atoms with Gasteiger partial charge in [-0.05, 0) is 19.1 Å². The Morgan fingerprint density at radius 1 is 1.61 bits per heavy atom. The summed E-state index contributed by atoms with van der Waals surface area (Å²) in [5, 5.41) is 0.435. The number of morpholine rings is 1. The van der Waals surface area contributed by atoms with E-state index in [9.17, 15) is 4.39 Å². The molecule has 100 valence electrons. The van der Waals surface area contributed by atoms with Crippen molar-refractivity contribution < 1.29 is 9.13 Å². The van der Waals surface area contributed by atoms with E-state index >= 15 is 0 Å². The second kappa shape index (κ2) is 5.97. The van der Waals surface area contributed by atoms with Gasteiger partial charge < -0.3 is 10.5 Å². The monoisotopic (exact) mass is 272 g/mol. The standard InChI is InChI=1S/C13H18ClFN2O/c1-9-8-17(5-6-18-9)12(7-16)13-10(14)3-2-4-11(13)15/h2-4,9,12H,5-8,16H2,1H3/t9-,12-/m1/s1.